The summed E-state index contributed by atoms with van der Waals surface area (Å²) in [6.45, 7) is 1.92. The molecule has 25 heavy (non-hydrogen) atoms. The number of esters is 1. The highest BCUT2D eigenvalue weighted by atomic mass is 16.5. The van der Waals surface area contributed by atoms with E-state index in [9.17, 15) is 9.59 Å². The second kappa shape index (κ2) is 10.1. The van der Waals surface area contributed by atoms with Gasteiger partial charge in [0.15, 0.2) is 0 Å². The normalized spacial score (nSPS) is 16.4. The van der Waals surface area contributed by atoms with Gasteiger partial charge in [-0.2, -0.15) is 4.98 Å². The van der Waals surface area contributed by atoms with E-state index in [-0.39, 0.29) is 30.7 Å². The fraction of sp³-hybridized carbons (Fsp3) is 0.765. The van der Waals surface area contributed by atoms with Crippen LogP contribution in [0.5, 0.6) is 0 Å². The predicted octanol–water partition coefficient (Wildman–Crippen LogP) is 2.98. The van der Waals surface area contributed by atoms with E-state index in [4.69, 9.17) is 14.5 Å². The molecule has 2 N–H and O–H groups in total. The first-order chi connectivity index (χ1) is 12.1. The highest BCUT2D eigenvalue weighted by molar-refractivity contribution is 5.84. The monoisotopic (exact) mass is 353 g/mol. The Hall–Kier alpha value is -1.96. The van der Waals surface area contributed by atoms with Gasteiger partial charge in [0.1, 0.15) is 0 Å². The lowest BCUT2D eigenvalue weighted by Gasteiger charge is -2.22. The molecule has 140 valence electrons. The molecule has 0 aromatic carbocycles. The summed E-state index contributed by atoms with van der Waals surface area (Å²) in [4.78, 5) is 27.3. The number of hydrogen-bond donors (Lipinski definition) is 2. The van der Waals surface area contributed by atoms with Crippen molar-refractivity contribution in [3.8, 4) is 0 Å². The highest BCUT2D eigenvalue weighted by Gasteiger charge is 2.25. The molecule has 1 aliphatic rings. The average molecular weight is 353 g/mol. The molecule has 1 aromatic heterocycles. The van der Waals surface area contributed by atoms with E-state index in [1.807, 2.05) is 0 Å². The van der Waals surface area contributed by atoms with E-state index in [0.29, 0.717) is 6.42 Å². The van der Waals surface area contributed by atoms with Crippen LogP contribution < -0.4 is 5.48 Å². The molecular formula is C17H27N3O5. The Bertz CT molecular complexity index is 554. The van der Waals surface area contributed by atoms with E-state index in [2.05, 4.69) is 10.1 Å². The lowest BCUT2D eigenvalue weighted by Crippen LogP contribution is -2.21. The van der Waals surface area contributed by atoms with E-state index < -0.39 is 11.9 Å². The molecule has 0 aliphatic heterocycles. The predicted molar refractivity (Wildman–Crippen MR) is 88.0 cm³/mol. The molecule has 0 saturated heterocycles. The maximum atomic E-state index is 11.7. The molecule has 1 aromatic rings. The number of aromatic nitrogens is 2. The van der Waals surface area contributed by atoms with Crippen molar-refractivity contribution in [3.05, 3.63) is 11.7 Å². The van der Waals surface area contributed by atoms with Crippen LogP contribution in [0.3, 0.4) is 0 Å². The molecule has 1 aliphatic carbocycles. The van der Waals surface area contributed by atoms with Gasteiger partial charge in [-0.25, -0.2) is 10.3 Å². The Labute approximate surface area is 147 Å². The summed E-state index contributed by atoms with van der Waals surface area (Å²) in [5.74, 6) is -0.650. The number of amides is 1. The smallest absolute Gasteiger partial charge is 0.379 e. The van der Waals surface area contributed by atoms with Crippen molar-refractivity contribution in [2.75, 3.05) is 6.61 Å². The Morgan fingerprint density at radius 1 is 1.36 bits per heavy atom. The van der Waals surface area contributed by atoms with Crippen LogP contribution in [0, 0.1) is 5.92 Å². The molecule has 8 heteroatoms. The van der Waals surface area contributed by atoms with Crippen LogP contribution in [0.2, 0.25) is 0 Å². The topological polar surface area (TPSA) is 115 Å². The van der Waals surface area contributed by atoms with Crippen LogP contribution in [-0.2, 0) is 9.53 Å². The van der Waals surface area contributed by atoms with E-state index in [1.54, 1.807) is 12.4 Å². The van der Waals surface area contributed by atoms with Gasteiger partial charge < -0.3 is 9.26 Å². The highest BCUT2D eigenvalue weighted by Crippen LogP contribution is 2.31. The van der Waals surface area contributed by atoms with Crippen molar-refractivity contribution in [1.82, 2.24) is 15.6 Å². The standard InChI is InChI=1S/C17H27N3O5/c1-2-24-17(22)15-18-16(25-20-15)13(11-14(21)19-23)10-6-9-12-7-4-3-5-8-12/h12-13,23H,2-11H2,1H3,(H,19,21). The molecule has 0 radical (unpaired) electrons. The molecule has 0 spiro atoms. The number of carbonyl (C=O) groups excluding carboxylic acids is 2. The second-order valence-electron chi connectivity index (χ2n) is 6.55. The van der Waals surface area contributed by atoms with E-state index >= 15 is 0 Å². The first kappa shape index (κ1) is 19.4. The maximum absolute atomic E-state index is 11.7. The molecule has 1 amide bonds. The maximum Gasteiger partial charge on any atom is 0.379 e. The number of ether oxygens (including phenoxy) is 1. The number of hydrogen-bond acceptors (Lipinski definition) is 7. The van der Waals surface area contributed by atoms with Crippen LogP contribution >= 0.6 is 0 Å². The summed E-state index contributed by atoms with van der Waals surface area (Å²) in [6, 6.07) is 0. The first-order valence-corrected chi connectivity index (χ1v) is 9.07. The summed E-state index contributed by atoms with van der Waals surface area (Å²) in [5.41, 5.74) is 1.63. The molecule has 1 unspecified atom stereocenters. The van der Waals surface area contributed by atoms with Gasteiger partial charge in [0.25, 0.3) is 5.82 Å². The van der Waals surface area contributed by atoms with Gasteiger partial charge in [-0.1, -0.05) is 44.9 Å². The van der Waals surface area contributed by atoms with Crippen LogP contribution in [-0.4, -0.2) is 33.8 Å². The zero-order valence-corrected chi connectivity index (χ0v) is 14.7. The lowest BCUT2D eigenvalue weighted by atomic mass is 9.84. The third kappa shape index (κ3) is 6.12. The molecular weight excluding hydrogens is 326 g/mol. The van der Waals surface area contributed by atoms with Gasteiger partial charge in [0, 0.05) is 12.3 Å². The Kier molecular flexibility index (Phi) is 7.84. The van der Waals surface area contributed by atoms with E-state index in [0.717, 1.165) is 18.8 Å². The van der Waals surface area contributed by atoms with Crippen molar-refractivity contribution in [2.45, 2.75) is 70.6 Å². The van der Waals surface area contributed by atoms with Crippen molar-refractivity contribution < 1.29 is 24.1 Å². The number of carbonyl (C=O) groups is 2. The summed E-state index contributed by atoms with van der Waals surface area (Å²) in [7, 11) is 0. The van der Waals surface area contributed by atoms with Crippen molar-refractivity contribution in [1.29, 1.82) is 0 Å². The lowest BCUT2D eigenvalue weighted by molar-refractivity contribution is -0.129. The first-order valence-electron chi connectivity index (χ1n) is 9.07. The Balaban J connectivity index is 1.94. The minimum Gasteiger partial charge on any atom is -0.460 e. The van der Waals surface area contributed by atoms with Gasteiger partial charge in [-0.05, 0) is 24.4 Å². The second-order valence-corrected chi connectivity index (χ2v) is 6.55. The summed E-state index contributed by atoms with van der Waals surface area (Å²) in [6.07, 6.45) is 9.24. The van der Waals surface area contributed by atoms with E-state index in [1.165, 1.54) is 32.1 Å². The SMILES string of the molecule is CCOC(=O)c1noc(C(CCCC2CCCCC2)CC(=O)NO)n1. The van der Waals surface area contributed by atoms with Gasteiger partial charge in [0.05, 0.1) is 6.61 Å². The number of nitrogens with zero attached hydrogens (tertiary/aromatic N) is 2. The number of nitrogens with one attached hydrogen (secondary N) is 1. The van der Waals surface area contributed by atoms with Crippen molar-refractivity contribution >= 4 is 11.9 Å². The summed E-state index contributed by atoms with van der Waals surface area (Å²) >= 11 is 0. The van der Waals surface area contributed by atoms with Gasteiger partial charge in [-0.15, -0.1) is 0 Å². The number of hydroxylamine groups is 1. The van der Waals surface area contributed by atoms with Gasteiger partial charge in [0.2, 0.25) is 11.8 Å². The minimum atomic E-state index is -0.648. The molecule has 1 fully saturated rings. The molecule has 8 nitrogen and oxygen atoms in total. The fourth-order valence-electron chi connectivity index (χ4n) is 3.39. The van der Waals surface area contributed by atoms with Crippen LogP contribution in [0.4, 0.5) is 0 Å². The largest absolute Gasteiger partial charge is 0.460 e. The molecule has 1 heterocycles. The van der Waals surface area contributed by atoms with Crippen LogP contribution in [0.25, 0.3) is 0 Å². The number of rotatable bonds is 9. The Morgan fingerprint density at radius 3 is 2.80 bits per heavy atom. The molecule has 0 bridgehead atoms. The molecule has 1 saturated carbocycles. The molecule has 2 rings (SSSR count). The van der Waals surface area contributed by atoms with Crippen LogP contribution in [0.1, 0.15) is 87.1 Å². The van der Waals surface area contributed by atoms with Crippen molar-refractivity contribution in [3.63, 3.8) is 0 Å². The summed E-state index contributed by atoms with van der Waals surface area (Å²) in [5, 5.41) is 12.4. The van der Waals surface area contributed by atoms with Crippen LogP contribution in [0.15, 0.2) is 4.52 Å². The third-order valence-corrected chi connectivity index (χ3v) is 4.70. The molecule has 1 atom stereocenters. The van der Waals surface area contributed by atoms with Gasteiger partial charge in [-0.3, -0.25) is 10.0 Å². The Morgan fingerprint density at radius 2 is 2.12 bits per heavy atom. The fourth-order valence-corrected chi connectivity index (χ4v) is 3.39. The van der Waals surface area contributed by atoms with Crippen molar-refractivity contribution in [2.24, 2.45) is 5.92 Å². The summed E-state index contributed by atoms with van der Waals surface area (Å²) < 4.78 is 10.00. The zero-order chi connectivity index (χ0) is 18.1. The third-order valence-electron chi connectivity index (χ3n) is 4.70. The van der Waals surface area contributed by atoms with Gasteiger partial charge >= 0.3 is 5.97 Å². The quantitative estimate of drug-likeness (QED) is 0.398. The zero-order valence-electron chi connectivity index (χ0n) is 14.7. The average Bonchev–Trinajstić information content (AvgIpc) is 3.12. The minimum absolute atomic E-state index is 0.0334.